The van der Waals surface area contributed by atoms with Crippen molar-refractivity contribution in [3.05, 3.63) is 206 Å². The van der Waals surface area contributed by atoms with Crippen molar-refractivity contribution in [3.63, 3.8) is 0 Å². The minimum absolute atomic E-state index is 0. The Morgan fingerprint density at radius 3 is 0.750 bits per heavy atom. The van der Waals surface area contributed by atoms with Gasteiger partial charge in [0.05, 0.1) is 24.0 Å². The lowest BCUT2D eigenvalue weighted by atomic mass is 10.4. The van der Waals surface area contributed by atoms with Gasteiger partial charge in [-0.1, -0.05) is 109 Å². The lowest BCUT2D eigenvalue weighted by molar-refractivity contribution is -0.00100. The van der Waals surface area contributed by atoms with Crippen molar-refractivity contribution in [2.45, 2.75) is 0 Å². The molecule has 0 aliphatic heterocycles. The Balaban J connectivity index is 0.00000302. The fraction of sp³-hybridized carbons (Fsp3) is 0. The minimum Gasteiger partial charge on any atom is -1.00 e. The number of amidine groups is 2. The van der Waals surface area contributed by atoms with Crippen molar-refractivity contribution in [3.8, 4) is 0 Å². The lowest BCUT2D eigenvalue weighted by Crippen LogP contribution is -3.00. The van der Waals surface area contributed by atoms with Gasteiger partial charge in [-0.25, -0.2) is 0 Å². The van der Waals surface area contributed by atoms with E-state index in [1.54, 1.807) is 0 Å². The second-order valence-electron chi connectivity index (χ2n) is 11.3. The van der Waals surface area contributed by atoms with Gasteiger partial charge >= 0.3 is 0 Å². The van der Waals surface area contributed by atoms with Crippen LogP contribution in [0, 0.1) is 0 Å². The molecule has 0 aliphatic rings. The molecule has 10 heteroatoms. The maximum absolute atomic E-state index is 6.29. The number of nitrogens with two attached hydrogens (primary N) is 2. The summed E-state index contributed by atoms with van der Waals surface area (Å²) < 4.78 is 0. The first-order chi connectivity index (χ1) is 24.6. The van der Waals surface area contributed by atoms with Gasteiger partial charge in [-0.3, -0.25) is 10.9 Å². The number of nitrogens with one attached hydrogen (secondary N) is 2. The summed E-state index contributed by atoms with van der Waals surface area (Å²) >= 11 is 0. The number of benzene rings is 6. The highest BCUT2D eigenvalue weighted by Gasteiger charge is 2.44. The van der Waals surface area contributed by atoms with Gasteiger partial charge in [0.15, 0.2) is 11.7 Å². The number of nitrogens with zero attached hydrogens (tertiary/aromatic N) is 2. The highest BCUT2D eigenvalue weighted by molar-refractivity contribution is 7.98. The molecule has 52 heavy (non-hydrogen) atoms. The maximum atomic E-state index is 6.29. The summed E-state index contributed by atoms with van der Waals surface area (Å²) in [6, 6.07) is 63.4. The first-order valence-electron chi connectivity index (χ1n) is 16.3. The Morgan fingerprint density at radius 2 is 0.558 bits per heavy atom. The molecule has 0 saturated heterocycles. The maximum Gasteiger partial charge on any atom is 0.188 e. The number of hydrogen-bond donors (Lipinski definition) is 4. The van der Waals surface area contributed by atoms with Gasteiger partial charge in [0.1, 0.15) is 46.4 Å². The van der Waals surface area contributed by atoms with Gasteiger partial charge in [0, 0.05) is 0 Å². The van der Waals surface area contributed by atoms with Crippen LogP contribution in [0.2, 0.25) is 0 Å². The molecule has 6 rings (SSSR count). The van der Waals surface area contributed by atoms with Gasteiger partial charge in [-0.05, 0) is 72.8 Å². The third-order valence-electron chi connectivity index (χ3n) is 8.36. The standard InChI is InChI=1S/C42H40N6P2.2ClH/c43-41(47-45-31-33-49(35-19-7-1-8-20-35,36-21-9-2-10-22-36)37-23-11-3-12-24-37)42(44)48-46-32-34-50(38-25-13-4-14-26-38,39-27-15-5-16-28-39)40-29-17-6-18-30-40;;/h1-34,45-46H,(H2,43,47)(H2,44,48);2*1H/q+2;;/p-2. The summed E-state index contributed by atoms with van der Waals surface area (Å²) in [5.74, 6) is 4.54. The molecule has 6 aromatic rings. The molecule has 0 unspecified atom stereocenters. The fourth-order valence-electron chi connectivity index (χ4n) is 6.01. The number of hydrogen-bond acceptors (Lipinski definition) is 4. The molecule has 0 amide bonds. The van der Waals surface area contributed by atoms with E-state index in [1.165, 1.54) is 31.8 Å². The number of rotatable bonds is 12. The van der Waals surface area contributed by atoms with E-state index in [9.17, 15) is 0 Å². The second kappa shape index (κ2) is 19.4. The summed E-state index contributed by atoms with van der Waals surface area (Å²) in [4.78, 5) is 0. The molecule has 6 N–H and O–H groups in total. The van der Waals surface area contributed by atoms with Gasteiger partial charge in [0.2, 0.25) is 0 Å². The average molecular weight is 762 g/mol. The second-order valence-corrected chi connectivity index (χ2v) is 17.9. The Bertz CT molecular complexity index is 1720. The van der Waals surface area contributed by atoms with Crippen LogP contribution in [-0.4, -0.2) is 11.7 Å². The van der Waals surface area contributed by atoms with Gasteiger partial charge in [-0.2, -0.15) is 10.2 Å². The van der Waals surface area contributed by atoms with Gasteiger partial charge in [-0.15, -0.1) is 0 Å². The molecular weight excluding hydrogens is 721 g/mol. The molecule has 6 nitrogen and oxygen atoms in total. The Kier molecular flexibility index (Phi) is 14.8. The smallest absolute Gasteiger partial charge is 0.188 e. The quantitative estimate of drug-likeness (QED) is 0.0594. The van der Waals surface area contributed by atoms with E-state index in [0.29, 0.717) is 0 Å². The zero-order valence-corrected chi connectivity index (χ0v) is 31.6. The van der Waals surface area contributed by atoms with Crippen molar-refractivity contribution in [1.29, 1.82) is 0 Å². The monoisotopic (exact) mass is 760 g/mol. The largest absolute Gasteiger partial charge is 1.00 e. The average Bonchev–Trinajstić information content (AvgIpc) is 3.20. The van der Waals surface area contributed by atoms with Crippen LogP contribution in [0.5, 0.6) is 0 Å². The van der Waals surface area contributed by atoms with E-state index in [0.717, 1.165) is 0 Å². The fourth-order valence-corrected chi connectivity index (χ4v) is 13.3. The highest BCUT2D eigenvalue weighted by Crippen LogP contribution is 2.57. The van der Waals surface area contributed by atoms with Crippen molar-refractivity contribution in [1.82, 2.24) is 10.9 Å². The Hall–Kier alpha value is -5.22. The summed E-state index contributed by atoms with van der Waals surface area (Å²) in [6.45, 7) is 0. The molecule has 0 atom stereocenters. The van der Waals surface area contributed by atoms with Gasteiger partial charge < -0.3 is 36.3 Å². The highest BCUT2D eigenvalue weighted by atomic mass is 35.5. The summed E-state index contributed by atoms with van der Waals surface area (Å²) in [7, 11) is -4.37. The van der Waals surface area contributed by atoms with E-state index in [2.05, 4.69) is 178 Å². The van der Waals surface area contributed by atoms with Crippen molar-refractivity contribution < 1.29 is 24.8 Å². The molecule has 0 heterocycles. The summed E-state index contributed by atoms with van der Waals surface area (Å²) in [6.07, 6.45) is 3.68. The normalized spacial score (nSPS) is 12.2. The summed E-state index contributed by atoms with van der Waals surface area (Å²) in [5.41, 5.74) is 18.6. The van der Waals surface area contributed by atoms with Crippen LogP contribution in [0.4, 0.5) is 0 Å². The van der Waals surface area contributed by atoms with Crippen molar-refractivity contribution >= 4 is 58.0 Å². The van der Waals surface area contributed by atoms with E-state index < -0.39 is 14.5 Å². The molecule has 6 aromatic carbocycles. The van der Waals surface area contributed by atoms with Crippen LogP contribution < -0.4 is 79.0 Å². The minimum atomic E-state index is -2.18. The zero-order valence-electron chi connectivity index (χ0n) is 28.3. The molecule has 0 bridgehead atoms. The van der Waals surface area contributed by atoms with Crippen LogP contribution >= 0.6 is 14.5 Å². The van der Waals surface area contributed by atoms with Crippen molar-refractivity contribution in [2.75, 3.05) is 0 Å². The predicted molar refractivity (Wildman–Crippen MR) is 218 cm³/mol. The Morgan fingerprint density at radius 1 is 0.365 bits per heavy atom. The SMILES string of the molecule is NC(=N\NC=C[P+](c1ccccc1)(c1ccccc1)c1ccccc1)/C(N)=N/NC=C[P+](c1ccccc1)(c1ccccc1)c1ccccc1.[Cl-].[Cl-]. The topological polar surface area (TPSA) is 101 Å². The van der Waals surface area contributed by atoms with E-state index in [1.807, 2.05) is 48.8 Å². The third kappa shape index (κ3) is 8.80. The van der Waals surface area contributed by atoms with Crippen LogP contribution in [0.1, 0.15) is 0 Å². The van der Waals surface area contributed by atoms with E-state index in [4.69, 9.17) is 11.5 Å². The third-order valence-corrected chi connectivity index (χ3v) is 16.2. The molecule has 0 radical (unpaired) electrons. The van der Waals surface area contributed by atoms with Gasteiger partial charge in [0.25, 0.3) is 0 Å². The molecule has 0 aliphatic carbocycles. The first-order valence-corrected chi connectivity index (χ1v) is 20.0. The molecular formula is C42H40Cl2N6P2. The molecule has 0 aromatic heterocycles. The van der Waals surface area contributed by atoms with Crippen LogP contribution in [0.15, 0.2) is 216 Å². The molecule has 0 saturated carbocycles. The predicted octanol–water partition coefficient (Wildman–Crippen LogP) is -0.351. The molecule has 0 spiro atoms. The lowest BCUT2D eigenvalue weighted by Gasteiger charge is -2.23. The van der Waals surface area contributed by atoms with Crippen molar-refractivity contribution in [2.24, 2.45) is 21.7 Å². The van der Waals surface area contributed by atoms with Crippen LogP contribution in [0.3, 0.4) is 0 Å². The number of hydrazone groups is 2. The van der Waals surface area contributed by atoms with E-state index in [-0.39, 0.29) is 36.5 Å². The van der Waals surface area contributed by atoms with Crippen LogP contribution in [0.25, 0.3) is 0 Å². The van der Waals surface area contributed by atoms with E-state index >= 15 is 0 Å². The Labute approximate surface area is 320 Å². The first kappa shape index (κ1) is 39.6. The van der Waals surface area contributed by atoms with Crippen LogP contribution in [-0.2, 0) is 0 Å². The number of halogens is 2. The molecule has 0 fully saturated rings. The zero-order chi connectivity index (χ0) is 34.5. The summed E-state index contributed by atoms with van der Waals surface area (Å²) in [5, 5.41) is 16.0. The molecule has 262 valence electrons.